The number of amides is 1. The highest BCUT2D eigenvalue weighted by molar-refractivity contribution is 7.88. The molecule has 0 saturated carbocycles. The van der Waals surface area contributed by atoms with Gasteiger partial charge in [-0.3, -0.25) is 0 Å². The van der Waals surface area contributed by atoms with Crippen molar-refractivity contribution >= 4 is 27.9 Å². The maximum atomic E-state index is 11.5. The van der Waals surface area contributed by atoms with E-state index in [9.17, 15) is 13.2 Å². The Kier molecular flexibility index (Phi) is 6.06. The molecule has 0 saturated heterocycles. The van der Waals surface area contributed by atoms with Crippen LogP contribution in [-0.4, -0.2) is 33.0 Å². The Morgan fingerprint density at radius 3 is 2.44 bits per heavy atom. The van der Waals surface area contributed by atoms with E-state index in [0.29, 0.717) is 18.7 Å². The zero-order valence-electron chi connectivity index (χ0n) is 9.54. The van der Waals surface area contributed by atoms with E-state index in [2.05, 4.69) is 9.46 Å². The number of carbonyl (C=O) groups excluding carboxylic acids is 1. The Labute approximate surface area is 101 Å². The van der Waals surface area contributed by atoms with Crippen molar-refractivity contribution in [2.45, 2.75) is 32.2 Å². The number of hydrogen-bond donors (Lipinski definition) is 2. The molecule has 96 valence electrons. The number of carbonyl (C=O) groups is 1. The molecule has 0 heterocycles. The summed E-state index contributed by atoms with van der Waals surface area (Å²) in [4.78, 5) is 10.8. The van der Waals surface area contributed by atoms with Gasteiger partial charge < -0.3 is 4.74 Å². The summed E-state index contributed by atoms with van der Waals surface area (Å²) >= 11 is 5.58. The first-order chi connectivity index (χ1) is 7.28. The summed E-state index contributed by atoms with van der Waals surface area (Å²) in [7, 11) is -2.83. The van der Waals surface area contributed by atoms with E-state index in [1.807, 2.05) is 6.92 Å². The second kappa shape index (κ2) is 6.27. The summed E-state index contributed by atoms with van der Waals surface area (Å²) < 4.78 is 31.2. The van der Waals surface area contributed by atoms with Gasteiger partial charge in [-0.05, 0) is 19.8 Å². The molecular weight excluding hydrogens is 256 g/mol. The number of ether oxygens (including phenoxy) is 1. The maximum absolute atomic E-state index is 11.5. The van der Waals surface area contributed by atoms with E-state index in [-0.39, 0.29) is 0 Å². The van der Waals surface area contributed by atoms with Crippen LogP contribution in [0.3, 0.4) is 0 Å². The van der Waals surface area contributed by atoms with Crippen LogP contribution < -0.4 is 9.44 Å². The molecule has 0 aliphatic carbocycles. The number of hydrogen-bond acceptors (Lipinski definition) is 4. The molecule has 0 fully saturated rings. The van der Waals surface area contributed by atoms with Crippen LogP contribution in [0.15, 0.2) is 0 Å². The smallest absolute Gasteiger partial charge is 0.421 e. The van der Waals surface area contributed by atoms with Crippen LogP contribution in [0.5, 0.6) is 0 Å². The van der Waals surface area contributed by atoms with Crippen LogP contribution in [0.1, 0.15) is 26.7 Å². The van der Waals surface area contributed by atoms with E-state index >= 15 is 0 Å². The molecule has 0 aliphatic heterocycles. The maximum Gasteiger partial charge on any atom is 0.421 e. The molecule has 1 atom stereocenters. The van der Waals surface area contributed by atoms with Gasteiger partial charge in [0, 0.05) is 11.4 Å². The molecular formula is C8H17ClN2O4S. The van der Waals surface area contributed by atoms with Crippen LogP contribution in [-0.2, 0) is 14.9 Å². The second-order valence-corrected chi connectivity index (χ2v) is 5.35. The fourth-order valence-electron chi connectivity index (χ4n) is 1.01. The van der Waals surface area contributed by atoms with Gasteiger partial charge in [-0.25, -0.2) is 9.52 Å². The Bertz CT molecular complexity index is 333. The average Bonchev–Trinajstić information content (AvgIpc) is 2.16. The number of methoxy groups -OCH3 is 1. The van der Waals surface area contributed by atoms with Crippen LogP contribution >= 0.6 is 11.6 Å². The highest BCUT2D eigenvalue weighted by atomic mass is 35.5. The van der Waals surface area contributed by atoms with Crippen molar-refractivity contribution in [3.05, 3.63) is 0 Å². The summed E-state index contributed by atoms with van der Waals surface area (Å²) in [5.41, 5.74) is -0.679. The predicted octanol–water partition coefficient (Wildman–Crippen LogP) is 0.974. The van der Waals surface area contributed by atoms with Crippen LogP contribution in [0.4, 0.5) is 4.79 Å². The van der Waals surface area contributed by atoms with Crippen molar-refractivity contribution in [2.75, 3.05) is 13.0 Å². The van der Waals surface area contributed by atoms with E-state index in [1.165, 1.54) is 0 Å². The van der Waals surface area contributed by atoms with Gasteiger partial charge in [-0.15, -0.1) is 11.6 Å². The summed E-state index contributed by atoms with van der Waals surface area (Å²) in [6, 6.07) is 0. The molecule has 0 bridgehead atoms. The van der Waals surface area contributed by atoms with Gasteiger partial charge in [0.15, 0.2) is 0 Å². The standard InChI is InChI=1S/C8H17ClN2O4S/c1-4-8(2,5-6-9)11-16(13,14)10-7(12)15-3/h11H,4-6H2,1-3H3,(H,10,12). The van der Waals surface area contributed by atoms with Crippen molar-refractivity contribution in [1.82, 2.24) is 9.44 Å². The van der Waals surface area contributed by atoms with Crippen LogP contribution in [0.25, 0.3) is 0 Å². The average molecular weight is 273 g/mol. The van der Waals surface area contributed by atoms with Crippen molar-refractivity contribution in [3.63, 3.8) is 0 Å². The summed E-state index contributed by atoms with van der Waals surface area (Å²) in [5.74, 6) is 0.324. The third-order valence-corrected chi connectivity index (χ3v) is 3.60. The Hall–Kier alpha value is -0.530. The molecule has 6 nitrogen and oxygen atoms in total. The largest absolute Gasteiger partial charge is 0.452 e. The van der Waals surface area contributed by atoms with Gasteiger partial charge >= 0.3 is 16.3 Å². The quantitative estimate of drug-likeness (QED) is 0.706. The summed E-state index contributed by atoms with van der Waals surface area (Å²) in [6.07, 6.45) is -0.00796. The lowest BCUT2D eigenvalue weighted by Crippen LogP contribution is -2.51. The molecule has 2 N–H and O–H groups in total. The molecule has 0 aliphatic rings. The SMILES string of the molecule is CCC(C)(CCCl)NS(=O)(=O)NC(=O)OC. The van der Waals surface area contributed by atoms with E-state index in [0.717, 1.165) is 7.11 Å². The van der Waals surface area contributed by atoms with Crippen LogP contribution in [0, 0.1) is 0 Å². The first-order valence-corrected chi connectivity index (χ1v) is 6.76. The van der Waals surface area contributed by atoms with Gasteiger partial charge in [-0.1, -0.05) is 6.92 Å². The zero-order valence-corrected chi connectivity index (χ0v) is 11.1. The molecule has 1 unspecified atom stereocenters. The number of halogens is 1. The molecule has 0 spiro atoms. The van der Waals surface area contributed by atoms with Crippen molar-refractivity contribution in [2.24, 2.45) is 0 Å². The number of nitrogens with one attached hydrogen (secondary N) is 2. The monoisotopic (exact) mass is 272 g/mol. The molecule has 16 heavy (non-hydrogen) atoms. The van der Waals surface area contributed by atoms with E-state index in [1.54, 1.807) is 11.6 Å². The minimum atomic E-state index is -3.92. The third kappa shape index (κ3) is 5.53. The molecule has 0 aromatic carbocycles. The molecule has 0 radical (unpaired) electrons. The summed E-state index contributed by atoms with van der Waals surface area (Å²) in [5, 5.41) is 0. The van der Waals surface area contributed by atoms with E-state index < -0.39 is 21.8 Å². The number of rotatable bonds is 6. The van der Waals surface area contributed by atoms with Gasteiger partial charge in [0.2, 0.25) is 0 Å². The third-order valence-electron chi connectivity index (χ3n) is 2.21. The Morgan fingerprint density at radius 2 is 2.06 bits per heavy atom. The van der Waals surface area contributed by atoms with Crippen molar-refractivity contribution in [1.29, 1.82) is 0 Å². The molecule has 0 aromatic heterocycles. The predicted molar refractivity (Wildman–Crippen MR) is 61.6 cm³/mol. The lowest BCUT2D eigenvalue weighted by atomic mass is 9.97. The first kappa shape index (κ1) is 15.5. The fourth-order valence-corrected chi connectivity index (χ4v) is 2.68. The fraction of sp³-hybridized carbons (Fsp3) is 0.875. The number of alkyl halides is 1. The van der Waals surface area contributed by atoms with E-state index in [4.69, 9.17) is 11.6 Å². The zero-order chi connectivity index (χ0) is 12.8. The Morgan fingerprint density at radius 1 is 1.50 bits per heavy atom. The van der Waals surface area contributed by atoms with Gasteiger partial charge in [0.1, 0.15) is 0 Å². The minimum absolute atomic E-state index is 0.324. The highest BCUT2D eigenvalue weighted by Gasteiger charge is 2.28. The Balaban J connectivity index is 4.61. The van der Waals surface area contributed by atoms with Crippen molar-refractivity contribution in [3.8, 4) is 0 Å². The highest BCUT2D eigenvalue weighted by Crippen LogP contribution is 2.16. The minimum Gasteiger partial charge on any atom is -0.452 e. The normalized spacial score (nSPS) is 15.2. The lowest BCUT2D eigenvalue weighted by molar-refractivity contribution is 0.177. The van der Waals surface area contributed by atoms with Gasteiger partial charge in [0.25, 0.3) is 0 Å². The molecule has 0 rings (SSSR count). The second-order valence-electron chi connectivity index (χ2n) is 3.55. The first-order valence-electron chi connectivity index (χ1n) is 4.74. The summed E-state index contributed by atoms with van der Waals surface area (Å²) in [6.45, 7) is 3.54. The molecule has 8 heteroatoms. The lowest BCUT2D eigenvalue weighted by Gasteiger charge is -2.28. The molecule has 0 aromatic rings. The van der Waals surface area contributed by atoms with Gasteiger partial charge in [0.05, 0.1) is 7.11 Å². The van der Waals surface area contributed by atoms with Crippen molar-refractivity contribution < 1.29 is 17.9 Å². The van der Waals surface area contributed by atoms with Gasteiger partial charge in [-0.2, -0.15) is 13.1 Å². The topological polar surface area (TPSA) is 84.5 Å². The molecule has 1 amide bonds. The van der Waals surface area contributed by atoms with Crippen LogP contribution in [0.2, 0.25) is 0 Å².